The molecule has 0 radical (unpaired) electrons. The van der Waals surface area contributed by atoms with Crippen molar-refractivity contribution in [2.45, 2.75) is 91.3 Å². The van der Waals surface area contributed by atoms with E-state index in [1.165, 1.54) is 84.9 Å². The van der Waals surface area contributed by atoms with Crippen LogP contribution in [0.25, 0.3) is 21.5 Å². The molecular formula is C30H40O2. The summed E-state index contributed by atoms with van der Waals surface area (Å²) in [4.78, 5) is 0. The van der Waals surface area contributed by atoms with E-state index < -0.39 is 0 Å². The Morgan fingerprint density at radius 2 is 1.12 bits per heavy atom. The molecule has 0 aromatic heterocycles. The summed E-state index contributed by atoms with van der Waals surface area (Å²) < 4.78 is 11.9. The highest BCUT2D eigenvalue weighted by Crippen LogP contribution is 2.37. The van der Waals surface area contributed by atoms with E-state index in [1.807, 2.05) is 0 Å². The minimum atomic E-state index is -0.106. The van der Waals surface area contributed by atoms with Crippen LogP contribution in [0.5, 0.6) is 0 Å². The summed E-state index contributed by atoms with van der Waals surface area (Å²) in [5, 5.41) is 5.58. The van der Waals surface area contributed by atoms with Crippen molar-refractivity contribution in [1.82, 2.24) is 0 Å². The highest BCUT2D eigenvalue weighted by molar-refractivity contribution is 6.02. The van der Waals surface area contributed by atoms with Crippen LogP contribution in [-0.4, -0.2) is 19.5 Å². The monoisotopic (exact) mass is 432 g/mol. The van der Waals surface area contributed by atoms with Crippen molar-refractivity contribution in [2.24, 2.45) is 0 Å². The number of aryl methyl sites for hydroxylation is 1. The quantitative estimate of drug-likeness (QED) is 0.286. The van der Waals surface area contributed by atoms with Gasteiger partial charge in [-0.1, -0.05) is 64.3 Å². The molecule has 0 atom stereocenters. The van der Waals surface area contributed by atoms with Gasteiger partial charge in [-0.15, -0.1) is 0 Å². The standard InChI is InChI=1S/C30H40O2/c1-4-7-14-24-25(15-8-5-2)27-19-22-12-10-11-13-23(22)20-28(27)29(26(24)16-9-6-3)21-30-31-17-18-32-30/h10-13,19-20,30H,4-9,14-18,21H2,1-3H3. The molecule has 1 aliphatic rings. The van der Waals surface area contributed by atoms with Gasteiger partial charge in [-0.25, -0.2) is 0 Å². The molecule has 3 aromatic carbocycles. The topological polar surface area (TPSA) is 18.5 Å². The zero-order chi connectivity index (χ0) is 22.3. The van der Waals surface area contributed by atoms with E-state index in [9.17, 15) is 0 Å². The Kier molecular flexibility index (Phi) is 8.21. The maximum absolute atomic E-state index is 5.95. The summed E-state index contributed by atoms with van der Waals surface area (Å²) >= 11 is 0. The third kappa shape index (κ3) is 5.02. The lowest BCUT2D eigenvalue weighted by Crippen LogP contribution is -2.16. The highest BCUT2D eigenvalue weighted by Gasteiger charge is 2.24. The lowest BCUT2D eigenvalue weighted by molar-refractivity contribution is -0.0399. The Hall–Kier alpha value is -1.90. The Balaban J connectivity index is 2.00. The molecule has 2 nitrogen and oxygen atoms in total. The lowest BCUT2D eigenvalue weighted by Gasteiger charge is -2.25. The fourth-order valence-corrected chi connectivity index (χ4v) is 5.30. The molecule has 3 aromatic rings. The number of rotatable bonds is 11. The molecule has 172 valence electrons. The molecule has 4 rings (SSSR count). The van der Waals surface area contributed by atoms with Gasteiger partial charge in [-0.2, -0.15) is 0 Å². The van der Waals surface area contributed by atoms with Gasteiger partial charge in [0.05, 0.1) is 13.2 Å². The third-order valence-electron chi connectivity index (χ3n) is 7.03. The Morgan fingerprint density at radius 3 is 1.66 bits per heavy atom. The number of hydrogen-bond donors (Lipinski definition) is 0. The molecule has 32 heavy (non-hydrogen) atoms. The fourth-order valence-electron chi connectivity index (χ4n) is 5.30. The second-order valence-electron chi connectivity index (χ2n) is 9.35. The van der Waals surface area contributed by atoms with Crippen molar-refractivity contribution in [3.05, 3.63) is 58.7 Å². The van der Waals surface area contributed by atoms with Gasteiger partial charge < -0.3 is 9.47 Å². The molecule has 1 saturated heterocycles. The molecule has 0 aliphatic carbocycles. The van der Waals surface area contributed by atoms with Crippen LogP contribution in [0.15, 0.2) is 36.4 Å². The molecule has 0 bridgehead atoms. The number of fused-ring (bicyclic) bond motifs is 2. The predicted molar refractivity (Wildman–Crippen MR) is 137 cm³/mol. The Morgan fingerprint density at radius 1 is 0.656 bits per heavy atom. The van der Waals surface area contributed by atoms with Crippen molar-refractivity contribution in [3.63, 3.8) is 0 Å². The first-order chi connectivity index (χ1) is 15.8. The molecule has 2 heteroatoms. The van der Waals surface area contributed by atoms with Crippen LogP contribution in [0.4, 0.5) is 0 Å². The molecule has 1 aliphatic heterocycles. The molecule has 0 N–H and O–H groups in total. The highest BCUT2D eigenvalue weighted by atomic mass is 16.7. The first-order valence-electron chi connectivity index (χ1n) is 13.0. The second kappa shape index (κ2) is 11.3. The average Bonchev–Trinajstić information content (AvgIpc) is 3.33. The molecular weight excluding hydrogens is 392 g/mol. The van der Waals surface area contributed by atoms with E-state index in [-0.39, 0.29) is 6.29 Å². The maximum Gasteiger partial charge on any atom is 0.161 e. The Labute approximate surface area is 194 Å². The van der Waals surface area contributed by atoms with Gasteiger partial charge in [0.1, 0.15) is 0 Å². The van der Waals surface area contributed by atoms with Crippen molar-refractivity contribution in [1.29, 1.82) is 0 Å². The second-order valence-corrected chi connectivity index (χ2v) is 9.35. The zero-order valence-electron chi connectivity index (χ0n) is 20.3. The first-order valence-corrected chi connectivity index (χ1v) is 13.0. The number of benzene rings is 3. The van der Waals surface area contributed by atoms with Gasteiger partial charge in [0.15, 0.2) is 6.29 Å². The molecule has 1 fully saturated rings. The minimum Gasteiger partial charge on any atom is -0.350 e. The van der Waals surface area contributed by atoms with Crippen molar-refractivity contribution in [2.75, 3.05) is 13.2 Å². The summed E-state index contributed by atoms with van der Waals surface area (Å²) in [5.74, 6) is 0. The van der Waals surface area contributed by atoms with Crippen LogP contribution in [0.2, 0.25) is 0 Å². The predicted octanol–water partition coefficient (Wildman–Crippen LogP) is 7.94. The zero-order valence-corrected chi connectivity index (χ0v) is 20.3. The molecule has 0 unspecified atom stereocenters. The van der Waals surface area contributed by atoms with Crippen LogP contribution in [0.1, 0.15) is 81.5 Å². The third-order valence-corrected chi connectivity index (χ3v) is 7.03. The number of hydrogen-bond acceptors (Lipinski definition) is 2. The van der Waals surface area contributed by atoms with Crippen LogP contribution < -0.4 is 0 Å². The first kappa shape index (κ1) is 23.3. The van der Waals surface area contributed by atoms with Crippen molar-refractivity contribution < 1.29 is 9.47 Å². The van der Waals surface area contributed by atoms with Gasteiger partial charge in [-0.3, -0.25) is 0 Å². The van der Waals surface area contributed by atoms with Crippen LogP contribution in [-0.2, 0) is 35.2 Å². The van der Waals surface area contributed by atoms with E-state index in [2.05, 4.69) is 57.2 Å². The van der Waals surface area contributed by atoms with Gasteiger partial charge >= 0.3 is 0 Å². The minimum absolute atomic E-state index is 0.106. The van der Waals surface area contributed by atoms with E-state index in [0.717, 1.165) is 6.42 Å². The fraction of sp³-hybridized carbons (Fsp3) is 0.533. The van der Waals surface area contributed by atoms with Gasteiger partial charge in [0, 0.05) is 6.42 Å². The van der Waals surface area contributed by atoms with Crippen LogP contribution in [0.3, 0.4) is 0 Å². The van der Waals surface area contributed by atoms with E-state index in [1.54, 1.807) is 16.7 Å². The summed E-state index contributed by atoms with van der Waals surface area (Å²) in [6, 6.07) is 13.7. The number of ether oxygens (including phenoxy) is 2. The van der Waals surface area contributed by atoms with Crippen LogP contribution >= 0.6 is 0 Å². The summed E-state index contributed by atoms with van der Waals surface area (Å²) in [6.45, 7) is 8.36. The summed E-state index contributed by atoms with van der Waals surface area (Å²) in [5.41, 5.74) is 6.35. The van der Waals surface area contributed by atoms with E-state index in [4.69, 9.17) is 9.47 Å². The normalized spacial score (nSPS) is 14.7. The van der Waals surface area contributed by atoms with Gasteiger partial charge in [0.2, 0.25) is 0 Å². The smallest absolute Gasteiger partial charge is 0.161 e. The lowest BCUT2D eigenvalue weighted by atomic mass is 9.81. The van der Waals surface area contributed by atoms with E-state index in [0.29, 0.717) is 13.2 Å². The summed E-state index contributed by atoms with van der Waals surface area (Å²) in [7, 11) is 0. The molecule has 0 amide bonds. The Bertz CT molecular complexity index is 1030. The van der Waals surface area contributed by atoms with Gasteiger partial charge in [0.25, 0.3) is 0 Å². The molecule has 1 heterocycles. The largest absolute Gasteiger partial charge is 0.350 e. The average molecular weight is 433 g/mol. The molecule has 0 saturated carbocycles. The van der Waals surface area contributed by atoms with E-state index >= 15 is 0 Å². The van der Waals surface area contributed by atoms with Gasteiger partial charge in [-0.05, 0) is 94.5 Å². The van der Waals surface area contributed by atoms with Crippen LogP contribution in [0, 0.1) is 0 Å². The molecule has 0 spiro atoms. The maximum atomic E-state index is 5.95. The SMILES string of the molecule is CCCCc1c(CCCC)c(CC2OCCO2)c2cc3ccccc3cc2c1CCCC. The number of unbranched alkanes of at least 4 members (excludes halogenated alkanes) is 3. The summed E-state index contributed by atoms with van der Waals surface area (Å²) in [6.07, 6.45) is 11.7. The van der Waals surface area contributed by atoms with Crippen molar-refractivity contribution in [3.8, 4) is 0 Å². The van der Waals surface area contributed by atoms with Crippen molar-refractivity contribution >= 4 is 21.5 Å².